The van der Waals surface area contributed by atoms with Crippen molar-refractivity contribution < 1.29 is 56.3 Å². The number of carboxylic acids is 2. The monoisotopic (exact) mass is 289 g/mol. The Morgan fingerprint density at radius 3 is 1.88 bits per heavy atom. The van der Waals surface area contributed by atoms with Crippen LogP contribution in [0.5, 0.6) is 0 Å². The third kappa shape index (κ3) is 6.67. The molecule has 8 nitrogen and oxygen atoms in total. The van der Waals surface area contributed by atoms with Gasteiger partial charge in [-0.3, -0.25) is 14.4 Å². The van der Waals surface area contributed by atoms with Gasteiger partial charge in [-0.2, -0.15) is 0 Å². The largest absolute Gasteiger partial charge is 0.481 e. The van der Waals surface area contributed by atoms with Crippen LogP contribution in [-0.2, 0) is 41.0 Å². The molecule has 97 valence electrons. The van der Waals surface area contributed by atoms with Gasteiger partial charge < -0.3 is 20.1 Å². The van der Waals surface area contributed by atoms with Gasteiger partial charge in [-0.25, -0.2) is 4.79 Å². The average Bonchev–Trinajstić information content (AvgIpc) is 1.98. The number of aliphatic hydroxyl groups is 1. The summed E-state index contributed by atoms with van der Waals surface area (Å²) < 4.78 is 3.98. The SMILES string of the molecule is CC(=O)OC(=O)CC(O)(CC(=O)O)C(=O)O.[Mn]. The molecule has 17 heavy (non-hydrogen) atoms. The molecule has 0 aliphatic heterocycles. The fourth-order valence-electron chi connectivity index (χ4n) is 0.899. The summed E-state index contributed by atoms with van der Waals surface area (Å²) >= 11 is 0. The van der Waals surface area contributed by atoms with Gasteiger partial charge >= 0.3 is 23.9 Å². The molecule has 0 aromatic rings. The van der Waals surface area contributed by atoms with Crippen LogP contribution >= 0.6 is 0 Å². The molecule has 1 unspecified atom stereocenters. The summed E-state index contributed by atoms with van der Waals surface area (Å²) in [4.78, 5) is 42.1. The Balaban J connectivity index is 0. The second-order valence-corrected chi connectivity index (χ2v) is 3.05. The molecule has 1 radical (unpaired) electrons. The van der Waals surface area contributed by atoms with Crippen molar-refractivity contribution in [2.75, 3.05) is 0 Å². The molecule has 0 aliphatic carbocycles. The van der Waals surface area contributed by atoms with E-state index in [-0.39, 0.29) is 17.1 Å². The summed E-state index contributed by atoms with van der Waals surface area (Å²) in [7, 11) is 0. The van der Waals surface area contributed by atoms with Gasteiger partial charge in [-0.15, -0.1) is 0 Å². The summed E-state index contributed by atoms with van der Waals surface area (Å²) in [5.74, 6) is -5.76. The van der Waals surface area contributed by atoms with Gasteiger partial charge in [-0.1, -0.05) is 0 Å². The number of hydrogen-bond acceptors (Lipinski definition) is 6. The molecule has 0 rings (SSSR count). The predicted molar refractivity (Wildman–Crippen MR) is 46.2 cm³/mol. The molecule has 0 heterocycles. The van der Waals surface area contributed by atoms with E-state index in [4.69, 9.17) is 10.2 Å². The van der Waals surface area contributed by atoms with Crippen LogP contribution in [0.1, 0.15) is 19.8 Å². The van der Waals surface area contributed by atoms with Crippen LogP contribution in [-0.4, -0.2) is 44.8 Å². The first-order valence-corrected chi connectivity index (χ1v) is 4.06. The average molecular weight is 289 g/mol. The minimum atomic E-state index is -2.78. The molecule has 0 saturated carbocycles. The van der Waals surface area contributed by atoms with E-state index in [1.54, 1.807) is 0 Å². The first-order valence-electron chi connectivity index (χ1n) is 4.06. The van der Waals surface area contributed by atoms with E-state index < -0.39 is 42.3 Å². The number of esters is 2. The van der Waals surface area contributed by atoms with Crippen molar-refractivity contribution in [2.24, 2.45) is 0 Å². The van der Waals surface area contributed by atoms with Crippen LogP contribution < -0.4 is 0 Å². The van der Waals surface area contributed by atoms with Crippen LogP contribution in [0.2, 0.25) is 0 Å². The van der Waals surface area contributed by atoms with Crippen LogP contribution in [0.3, 0.4) is 0 Å². The van der Waals surface area contributed by atoms with Crippen molar-refractivity contribution in [1.82, 2.24) is 0 Å². The fourth-order valence-corrected chi connectivity index (χ4v) is 0.899. The fraction of sp³-hybridized carbons (Fsp3) is 0.500. The molecule has 1 atom stereocenters. The van der Waals surface area contributed by atoms with Crippen molar-refractivity contribution in [3.8, 4) is 0 Å². The summed E-state index contributed by atoms with van der Waals surface area (Å²) in [6.07, 6.45) is -2.29. The minimum absolute atomic E-state index is 0. The summed E-state index contributed by atoms with van der Waals surface area (Å²) in [6, 6.07) is 0. The van der Waals surface area contributed by atoms with E-state index in [1.807, 2.05) is 0 Å². The Morgan fingerprint density at radius 1 is 1.12 bits per heavy atom. The van der Waals surface area contributed by atoms with Crippen LogP contribution in [0.25, 0.3) is 0 Å². The topological polar surface area (TPSA) is 138 Å². The van der Waals surface area contributed by atoms with Gasteiger partial charge in [0.2, 0.25) is 0 Å². The third-order valence-corrected chi connectivity index (χ3v) is 1.54. The summed E-state index contributed by atoms with van der Waals surface area (Å²) in [6.45, 7) is 0.912. The standard InChI is InChI=1S/C8H10O8.Mn/c1-4(9)16-6(12)3-8(15,7(13)14)2-5(10)11;/h15H,2-3H2,1H3,(H,10,11)(H,13,14);. The van der Waals surface area contributed by atoms with E-state index in [0.29, 0.717) is 0 Å². The zero-order valence-corrected chi connectivity index (χ0v) is 9.86. The van der Waals surface area contributed by atoms with Gasteiger partial charge in [-0.05, 0) is 0 Å². The van der Waals surface area contributed by atoms with Gasteiger partial charge in [0.05, 0.1) is 12.8 Å². The maximum Gasteiger partial charge on any atom is 0.336 e. The van der Waals surface area contributed by atoms with Crippen molar-refractivity contribution in [2.45, 2.75) is 25.4 Å². The molecule has 3 N–H and O–H groups in total. The molecule has 0 spiro atoms. The number of aliphatic carboxylic acids is 2. The number of carbonyl (C=O) groups excluding carboxylic acids is 2. The second-order valence-electron chi connectivity index (χ2n) is 3.05. The van der Waals surface area contributed by atoms with E-state index in [0.717, 1.165) is 6.92 Å². The molecule has 0 bridgehead atoms. The Morgan fingerprint density at radius 2 is 1.59 bits per heavy atom. The Labute approximate surface area is 106 Å². The third-order valence-electron chi connectivity index (χ3n) is 1.54. The van der Waals surface area contributed by atoms with E-state index >= 15 is 0 Å². The van der Waals surface area contributed by atoms with Gasteiger partial charge in [0.15, 0.2) is 5.60 Å². The van der Waals surface area contributed by atoms with Gasteiger partial charge in [0.1, 0.15) is 0 Å². The van der Waals surface area contributed by atoms with Crippen LogP contribution in [0.4, 0.5) is 0 Å². The van der Waals surface area contributed by atoms with Crippen molar-refractivity contribution in [3.63, 3.8) is 0 Å². The Kier molecular flexibility index (Phi) is 7.38. The molecule has 0 aromatic carbocycles. The van der Waals surface area contributed by atoms with Gasteiger partial charge in [0.25, 0.3) is 0 Å². The molecular weight excluding hydrogens is 279 g/mol. The molecule has 0 amide bonds. The van der Waals surface area contributed by atoms with Crippen LogP contribution in [0.15, 0.2) is 0 Å². The molecule has 0 aliphatic rings. The predicted octanol–water partition coefficient (Wildman–Crippen LogP) is -1.25. The summed E-state index contributed by atoms with van der Waals surface area (Å²) in [5.41, 5.74) is -2.78. The first kappa shape index (κ1) is 17.9. The smallest absolute Gasteiger partial charge is 0.336 e. The number of rotatable bonds is 5. The number of hydrogen-bond donors (Lipinski definition) is 3. The number of carboxylic acid groups (broad SMARTS) is 2. The van der Waals surface area contributed by atoms with Gasteiger partial charge in [0, 0.05) is 24.0 Å². The van der Waals surface area contributed by atoms with E-state index in [1.165, 1.54) is 0 Å². The van der Waals surface area contributed by atoms with Crippen molar-refractivity contribution in [3.05, 3.63) is 0 Å². The Hall–Kier alpha value is -1.44. The molecule has 0 aromatic heterocycles. The molecule has 0 saturated heterocycles. The first-order chi connectivity index (χ1) is 7.17. The molecule has 0 fully saturated rings. The number of ether oxygens (including phenoxy) is 1. The summed E-state index contributed by atoms with van der Waals surface area (Å²) in [5, 5.41) is 26.3. The zero-order valence-electron chi connectivity index (χ0n) is 8.68. The normalized spacial score (nSPS) is 12.8. The second kappa shape index (κ2) is 7.00. The number of carbonyl (C=O) groups is 4. The minimum Gasteiger partial charge on any atom is -0.481 e. The van der Waals surface area contributed by atoms with Crippen molar-refractivity contribution in [1.29, 1.82) is 0 Å². The zero-order chi connectivity index (χ0) is 12.9. The molecule has 9 heteroatoms. The van der Waals surface area contributed by atoms with E-state index in [9.17, 15) is 24.3 Å². The van der Waals surface area contributed by atoms with Crippen molar-refractivity contribution >= 4 is 23.9 Å². The molecular formula is C8H10MnO8. The van der Waals surface area contributed by atoms with E-state index in [2.05, 4.69) is 4.74 Å². The maximum absolute atomic E-state index is 10.9. The Bertz CT molecular complexity index is 338. The quantitative estimate of drug-likeness (QED) is 0.324. The van der Waals surface area contributed by atoms with Crippen LogP contribution in [0, 0.1) is 0 Å². The maximum atomic E-state index is 10.9.